The quantitative estimate of drug-likeness (QED) is 0.344. The van der Waals surface area contributed by atoms with E-state index in [1.54, 1.807) is 0 Å². The van der Waals surface area contributed by atoms with Crippen LogP contribution in [-0.2, 0) is 12.4 Å². The van der Waals surface area contributed by atoms with Crippen LogP contribution in [0.25, 0.3) is 5.57 Å². The number of halogens is 7. The predicted molar refractivity (Wildman–Crippen MR) is 112 cm³/mol. The third-order valence-electron chi connectivity index (χ3n) is 4.30. The SMILES string of the molecule is C#CCN=C/C(=C\N)c1cc(C(F)(F)F)cc(C(F)(F)F)c1OC(=O)N(C)c1ccc(F)cc1. The van der Waals surface area contributed by atoms with Crippen molar-refractivity contribution in [3.05, 3.63) is 65.1 Å². The summed E-state index contributed by atoms with van der Waals surface area (Å²) in [5, 5.41) is 0. The molecule has 0 spiro atoms. The summed E-state index contributed by atoms with van der Waals surface area (Å²) in [7, 11) is 1.11. The van der Waals surface area contributed by atoms with Crippen LogP contribution in [0.2, 0.25) is 0 Å². The number of alkyl halides is 6. The molecule has 0 aliphatic rings. The average molecular weight is 487 g/mol. The van der Waals surface area contributed by atoms with E-state index in [0.717, 1.165) is 42.4 Å². The molecule has 0 aromatic heterocycles. The minimum Gasteiger partial charge on any atom is -0.409 e. The van der Waals surface area contributed by atoms with Crippen LogP contribution in [0.4, 0.5) is 41.2 Å². The molecule has 2 rings (SSSR count). The Labute approximate surface area is 189 Å². The van der Waals surface area contributed by atoms with Crippen molar-refractivity contribution in [2.45, 2.75) is 12.4 Å². The average Bonchev–Trinajstić information content (AvgIpc) is 2.75. The molecule has 0 saturated carbocycles. The summed E-state index contributed by atoms with van der Waals surface area (Å²) >= 11 is 0. The Hall–Kier alpha value is -4.01. The van der Waals surface area contributed by atoms with E-state index in [1.807, 2.05) is 0 Å². The number of allylic oxidation sites excluding steroid dienone is 1. The van der Waals surface area contributed by atoms with Gasteiger partial charge >= 0.3 is 18.4 Å². The zero-order valence-electron chi connectivity index (χ0n) is 17.3. The lowest BCUT2D eigenvalue weighted by molar-refractivity contribution is -0.143. The van der Waals surface area contributed by atoms with Gasteiger partial charge in [-0.2, -0.15) is 26.3 Å². The molecule has 0 radical (unpaired) electrons. The second-order valence-electron chi connectivity index (χ2n) is 6.60. The van der Waals surface area contributed by atoms with Crippen LogP contribution in [-0.4, -0.2) is 25.9 Å². The van der Waals surface area contributed by atoms with E-state index < -0.39 is 52.3 Å². The summed E-state index contributed by atoms with van der Waals surface area (Å²) in [6, 6.07) is 4.42. The molecule has 180 valence electrons. The van der Waals surface area contributed by atoms with Crippen LogP contribution >= 0.6 is 0 Å². The van der Waals surface area contributed by atoms with Gasteiger partial charge < -0.3 is 10.5 Å². The first kappa shape index (κ1) is 26.2. The third kappa shape index (κ3) is 6.28. The van der Waals surface area contributed by atoms with Gasteiger partial charge in [0.2, 0.25) is 0 Å². The molecule has 0 unspecified atom stereocenters. The van der Waals surface area contributed by atoms with Gasteiger partial charge in [-0.3, -0.25) is 9.89 Å². The number of nitrogens with zero attached hydrogens (tertiary/aromatic N) is 2. The van der Waals surface area contributed by atoms with Gasteiger partial charge in [0.25, 0.3) is 0 Å². The number of amides is 1. The zero-order chi connectivity index (χ0) is 25.7. The number of nitrogens with two attached hydrogens (primary N) is 1. The minimum absolute atomic E-state index is 0.0404. The lowest BCUT2D eigenvalue weighted by atomic mass is 9.98. The number of ether oxygens (including phenoxy) is 1. The number of carbonyl (C=O) groups excluding carboxylic acids is 1. The molecule has 12 heteroatoms. The Kier molecular flexibility index (Phi) is 7.94. The monoisotopic (exact) mass is 487 g/mol. The summed E-state index contributed by atoms with van der Waals surface area (Å²) < 4.78 is 99.4. The van der Waals surface area contributed by atoms with Crippen molar-refractivity contribution < 1.29 is 40.3 Å². The Morgan fingerprint density at radius 2 is 1.76 bits per heavy atom. The molecule has 0 bridgehead atoms. The van der Waals surface area contributed by atoms with Gasteiger partial charge in [-0.1, -0.05) is 5.92 Å². The first-order chi connectivity index (χ1) is 15.8. The van der Waals surface area contributed by atoms with E-state index in [4.69, 9.17) is 16.9 Å². The van der Waals surface area contributed by atoms with Gasteiger partial charge in [0.15, 0.2) is 5.75 Å². The molecule has 2 aromatic rings. The van der Waals surface area contributed by atoms with Gasteiger partial charge in [0, 0.05) is 36.3 Å². The fourth-order valence-corrected chi connectivity index (χ4v) is 2.65. The second-order valence-corrected chi connectivity index (χ2v) is 6.60. The highest BCUT2D eigenvalue weighted by atomic mass is 19.4. The number of hydrogen-bond donors (Lipinski definition) is 1. The fraction of sp³-hybridized carbons (Fsp3) is 0.182. The highest BCUT2D eigenvalue weighted by Crippen LogP contribution is 2.44. The van der Waals surface area contributed by atoms with Crippen molar-refractivity contribution in [1.29, 1.82) is 0 Å². The molecule has 0 heterocycles. The van der Waals surface area contributed by atoms with E-state index in [0.29, 0.717) is 12.3 Å². The largest absolute Gasteiger partial charge is 0.420 e. The lowest BCUT2D eigenvalue weighted by Gasteiger charge is -2.22. The molecule has 5 nitrogen and oxygen atoms in total. The fourth-order valence-electron chi connectivity index (χ4n) is 2.65. The maximum absolute atomic E-state index is 13.8. The van der Waals surface area contributed by atoms with Gasteiger partial charge in [0.05, 0.1) is 17.7 Å². The third-order valence-corrected chi connectivity index (χ3v) is 4.30. The number of anilines is 1. The van der Waals surface area contributed by atoms with Gasteiger partial charge in [0.1, 0.15) is 5.82 Å². The van der Waals surface area contributed by atoms with Crippen molar-refractivity contribution in [2.75, 3.05) is 18.5 Å². The van der Waals surface area contributed by atoms with Crippen LogP contribution in [0.1, 0.15) is 16.7 Å². The topological polar surface area (TPSA) is 67.9 Å². The number of aliphatic imine (C=N–C) groups is 1. The molecule has 2 aromatic carbocycles. The van der Waals surface area contributed by atoms with Crippen LogP contribution in [0.15, 0.2) is 47.6 Å². The van der Waals surface area contributed by atoms with Crippen molar-refractivity contribution in [2.24, 2.45) is 10.7 Å². The Balaban J connectivity index is 2.70. The molecule has 1 amide bonds. The Morgan fingerprint density at radius 3 is 2.26 bits per heavy atom. The zero-order valence-corrected chi connectivity index (χ0v) is 17.3. The summed E-state index contributed by atoms with van der Waals surface area (Å²) in [6.45, 7) is -0.245. The number of rotatable bonds is 5. The number of terminal acetylenes is 1. The molecule has 0 atom stereocenters. The van der Waals surface area contributed by atoms with Crippen molar-refractivity contribution in [3.63, 3.8) is 0 Å². The number of carbonyl (C=O) groups is 1. The number of benzene rings is 2. The first-order valence-electron chi connectivity index (χ1n) is 9.18. The Bertz CT molecular complexity index is 1150. The van der Waals surface area contributed by atoms with E-state index in [2.05, 4.69) is 10.9 Å². The van der Waals surface area contributed by atoms with Gasteiger partial charge in [-0.25, -0.2) is 9.18 Å². The van der Waals surface area contributed by atoms with E-state index in [1.165, 1.54) is 0 Å². The normalized spacial score (nSPS) is 12.5. The van der Waals surface area contributed by atoms with E-state index in [9.17, 15) is 35.5 Å². The molecule has 0 saturated heterocycles. The minimum atomic E-state index is -5.35. The molecule has 34 heavy (non-hydrogen) atoms. The van der Waals surface area contributed by atoms with Crippen molar-refractivity contribution >= 4 is 23.6 Å². The Morgan fingerprint density at radius 1 is 1.15 bits per heavy atom. The first-order valence-corrected chi connectivity index (χ1v) is 9.18. The highest BCUT2D eigenvalue weighted by Gasteiger charge is 2.41. The second kappa shape index (κ2) is 10.3. The van der Waals surface area contributed by atoms with Crippen molar-refractivity contribution in [3.8, 4) is 18.1 Å². The van der Waals surface area contributed by atoms with Gasteiger partial charge in [-0.15, -0.1) is 6.42 Å². The van der Waals surface area contributed by atoms with E-state index >= 15 is 0 Å². The molecular weight excluding hydrogens is 471 g/mol. The van der Waals surface area contributed by atoms with E-state index in [-0.39, 0.29) is 18.3 Å². The van der Waals surface area contributed by atoms with Crippen LogP contribution in [0.3, 0.4) is 0 Å². The molecular formula is C22H16F7N3O2. The summed E-state index contributed by atoms with van der Waals surface area (Å²) in [6.07, 6.45) is -5.32. The number of hydrogen-bond acceptors (Lipinski definition) is 4. The summed E-state index contributed by atoms with van der Waals surface area (Å²) in [5.41, 5.74) is 0.706. The molecule has 0 fully saturated rings. The highest BCUT2D eigenvalue weighted by molar-refractivity contribution is 6.11. The van der Waals surface area contributed by atoms with Crippen LogP contribution in [0.5, 0.6) is 5.75 Å². The summed E-state index contributed by atoms with van der Waals surface area (Å²) in [5.74, 6) is 0.236. The maximum Gasteiger partial charge on any atom is 0.420 e. The molecule has 2 N–H and O–H groups in total. The lowest BCUT2D eigenvalue weighted by Crippen LogP contribution is -2.30. The van der Waals surface area contributed by atoms with Gasteiger partial charge in [-0.05, 0) is 36.4 Å². The van der Waals surface area contributed by atoms with Crippen LogP contribution < -0.4 is 15.4 Å². The standard InChI is InChI=1S/C22H16F7N3O2/c1-3-8-31-12-13(11-30)17-9-14(21(24,25)26)10-18(22(27,28)29)19(17)34-20(33)32(2)16-6-4-15(23)5-7-16/h1,4-7,9-12H,8,30H2,2H3/b13-11+,31-12?. The maximum atomic E-state index is 13.8. The summed E-state index contributed by atoms with van der Waals surface area (Å²) in [4.78, 5) is 17.0. The predicted octanol–water partition coefficient (Wildman–Crippen LogP) is 5.50. The van der Waals surface area contributed by atoms with Crippen molar-refractivity contribution in [1.82, 2.24) is 0 Å². The molecule has 0 aliphatic heterocycles. The smallest absolute Gasteiger partial charge is 0.409 e. The van der Waals surface area contributed by atoms with Crippen LogP contribution in [0, 0.1) is 18.2 Å². The molecule has 0 aliphatic carbocycles.